The maximum atomic E-state index is 4.70. The number of nitrogens with zero attached hydrogens (tertiary/aromatic N) is 2. The highest BCUT2D eigenvalue weighted by atomic mass is 15.3. The summed E-state index contributed by atoms with van der Waals surface area (Å²) in [5.74, 6) is 0. The van der Waals surface area contributed by atoms with Gasteiger partial charge in [0.15, 0.2) is 0 Å². The van der Waals surface area contributed by atoms with Crippen molar-refractivity contribution in [3.63, 3.8) is 0 Å². The number of hydrogen-bond donors (Lipinski definition) is 0. The molecule has 0 fully saturated rings. The molecule has 0 unspecified atom stereocenters. The summed E-state index contributed by atoms with van der Waals surface area (Å²) in [5, 5.41) is 4.70. The van der Waals surface area contributed by atoms with Crippen LogP contribution in [0.2, 0.25) is 0 Å². The third kappa shape index (κ3) is 2.14. The SMILES string of the molecule is Cc1ccc(-c2c(C)c(-c3ccccc3)nn2C)cc1. The second-order valence-corrected chi connectivity index (χ2v) is 5.18. The fraction of sp³-hybridized carbons (Fsp3) is 0.167. The van der Waals surface area contributed by atoms with E-state index in [4.69, 9.17) is 5.10 Å². The van der Waals surface area contributed by atoms with E-state index in [-0.39, 0.29) is 0 Å². The highest BCUT2D eigenvalue weighted by Gasteiger charge is 2.14. The molecule has 100 valence electrons. The minimum Gasteiger partial charge on any atom is -0.267 e. The molecule has 0 aliphatic carbocycles. The quantitative estimate of drug-likeness (QED) is 0.670. The Labute approximate surface area is 119 Å². The molecular weight excluding hydrogens is 244 g/mol. The molecule has 20 heavy (non-hydrogen) atoms. The van der Waals surface area contributed by atoms with Crippen LogP contribution in [0.25, 0.3) is 22.5 Å². The fourth-order valence-electron chi connectivity index (χ4n) is 2.61. The number of aryl methyl sites for hydroxylation is 2. The van der Waals surface area contributed by atoms with E-state index in [1.54, 1.807) is 0 Å². The van der Waals surface area contributed by atoms with E-state index in [0.717, 1.165) is 5.69 Å². The summed E-state index contributed by atoms with van der Waals surface area (Å²) in [7, 11) is 2.01. The molecule has 0 saturated heterocycles. The molecule has 0 saturated carbocycles. The Hall–Kier alpha value is -2.35. The number of rotatable bonds is 2. The Morgan fingerprint density at radius 2 is 1.45 bits per heavy atom. The first-order valence-electron chi connectivity index (χ1n) is 6.83. The van der Waals surface area contributed by atoms with Crippen LogP contribution in [-0.2, 0) is 7.05 Å². The maximum Gasteiger partial charge on any atom is 0.0958 e. The zero-order valence-electron chi connectivity index (χ0n) is 12.1. The molecule has 0 aliphatic heterocycles. The molecular formula is C18H18N2. The molecule has 2 heteroatoms. The Balaban J connectivity index is 2.14. The van der Waals surface area contributed by atoms with Crippen molar-refractivity contribution in [2.75, 3.05) is 0 Å². The van der Waals surface area contributed by atoms with Crippen LogP contribution in [0.4, 0.5) is 0 Å². The largest absolute Gasteiger partial charge is 0.267 e. The van der Waals surface area contributed by atoms with E-state index in [9.17, 15) is 0 Å². The van der Waals surface area contributed by atoms with Crippen LogP contribution in [0.5, 0.6) is 0 Å². The number of aromatic nitrogens is 2. The van der Waals surface area contributed by atoms with Gasteiger partial charge in [-0.25, -0.2) is 0 Å². The first-order chi connectivity index (χ1) is 9.66. The van der Waals surface area contributed by atoms with Gasteiger partial charge in [-0.15, -0.1) is 0 Å². The van der Waals surface area contributed by atoms with Crippen molar-refractivity contribution in [3.05, 3.63) is 65.7 Å². The lowest BCUT2D eigenvalue weighted by Gasteiger charge is -2.04. The van der Waals surface area contributed by atoms with Crippen LogP contribution < -0.4 is 0 Å². The Bertz CT molecular complexity index is 722. The predicted octanol–water partition coefficient (Wildman–Crippen LogP) is 4.37. The van der Waals surface area contributed by atoms with E-state index in [0.29, 0.717) is 0 Å². The van der Waals surface area contributed by atoms with E-state index in [1.807, 2.05) is 17.8 Å². The first kappa shape index (κ1) is 12.7. The van der Waals surface area contributed by atoms with Crippen LogP contribution in [0.3, 0.4) is 0 Å². The van der Waals surface area contributed by atoms with Crippen LogP contribution in [0.15, 0.2) is 54.6 Å². The number of benzene rings is 2. The van der Waals surface area contributed by atoms with Gasteiger partial charge >= 0.3 is 0 Å². The van der Waals surface area contributed by atoms with Gasteiger partial charge in [0.25, 0.3) is 0 Å². The summed E-state index contributed by atoms with van der Waals surface area (Å²) >= 11 is 0. The van der Waals surface area contributed by atoms with Crippen LogP contribution in [-0.4, -0.2) is 9.78 Å². The normalized spacial score (nSPS) is 10.8. The number of hydrogen-bond acceptors (Lipinski definition) is 1. The van der Waals surface area contributed by atoms with Crippen molar-refractivity contribution in [3.8, 4) is 22.5 Å². The van der Waals surface area contributed by atoms with Crippen LogP contribution >= 0.6 is 0 Å². The molecule has 0 N–H and O–H groups in total. The summed E-state index contributed by atoms with van der Waals surface area (Å²) in [6.07, 6.45) is 0. The minimum absolute atomic E-state index is 1.06. The zero-order valence-corrected chi connectivity index (χ0v) is 12.1. The molecule has 1 heterocycles. The third-order valence-electron chi connectivity index (χ3n) is 3.66. The molecule has 0 spiro atoms. The Morgan fingerprint density at radius 3 is 2.10 bits per heavy atom. The molecule has 0 radical (unpaired) electrons. The lowest BCUT2D eigenvalue weighted by molar-refractivity contribution is 0.779. The van der Waals surface area contributed by atoms with Gasteiger partial charge in [-0.05, 0) is 13.8 Å². The smallest absolute Gasteiger partial charge is 0.0958 e. The Morgan fingerprint density at radius 1 is 0.800 bits per heavy atom. The highest BCUT2D eigenvalue weighted by Crippen LogP contribution is 2.30. The van der Waals surface area contributed by atoms with E-state index < -0.39 is 0 Å². The maximum absolute atomic E-state index is 4.70. The van der Waals surface area contributed by atoms with Gasteiger partial charge in [-0.2, -0.15) is 5.10 Å². The molecule has 2 aromatic carbocycles. The Kier molecular flexibility index (Phi) is 3.15. The summed E-state index contributed by atoms with van der Waals surface area (Å²) in [6, 6.07) is 18.9. The summed E-state index contributed by atoms with van der Waals surface area (Å²) in [4.78, 5) is 0. The lowest BCUT2D eigenvalue weighted by Crippen LogP contribution is -1.94. The fourth-order valence-corrected chi connectivity index (χ4v) is 2.61. The molecule has 2 nitrogen and oxygen atoms in total. The molecule has 0 atom stereocenters. The lowest BCUT2D eigenvalue weighted by atomic mass is 10.0. The standard InChI is InChI=1S/C18H18N2/c1-13-9-11-16(12-10-13)18-14(2)17(19-20(18)3)15-7-5-4-6-8-15/h4-12H,1-3H3. The van der Waals surface area contributed by atoms with Crippen molar-refractivity contribution in [2.45, 2.75) is 13.8 Å². The van der Waals surface area contributed by atoms with Crippen molar-refractivity contribution in [2.24, 2.45) is 7.05 Å². The van der Waals surface area contributed by atoms with Crippen molar-refractivity contribution < 1.29 is 0 Å². The van der Waals surface area contributed by atoms with Crippen molar-refractivity contribution >= 4 is 0 Å². The topological polar surface area (TPSA) is 17.8 Å². The van der Waals surface area contributed by atoms with Crippen LogP contribution in [0.1, 0.15) is 11.1 Å². The van der Waals surface area contributed by atoms with Gasteiger partial charge in [0, 0.05) is 23.7 Å². The highest BCUT2D eigenvalue weighted by molar-refractivity contribution is 5.74. The third-order valence-corrected chi connectivity index (χ3v) is 3.66. The minimum atomic E-state index is 1.06. The summed E-state index contributed by atoms with van der Waals surface area (Å²) in [6.45, 7) is 4.25. The zero-order chi connectivity index (χ0) is 14.1. The first-order valence-corrected chi connectivity index (χ1v) is 6.83. The molecule has 0 bridgehead atoms. The van der Waals surface area contributed by atoms with Gasteiger partial charge in [0.05, 0.1) is 11.4 Å². The molecule has 3 aromatic rings. The van der Waals surface area contributed by atoms with Crippen LogP contribution in [0, 0.1) is 13.8 Å². The van der Waals surface area contributed by atoms with Gasteiger partial charge in [0.2, 0.25) is 0 Å². The molecule has 1 aromatic heterocycles. The van der Waals surface area contributed by atoms with E-state index in [2.05, 4.69) is 62.4 Å². The molecule has 0 amide bonds. The molecule has 3 rings (SSSR count). The second-order valence-electron chi connectivity index (χ2n) is 5.18. The second kappa shape index (κ2) is 4.97. The van der Waals surface area contributed by atoms with E-state index in [1.165, 1.54) is 27.9 Å². The van der Waals surface area contributed by atoms with Crippen molar-refractivity contribution in [1.82, 2.24) is 9.78 Å². The van der Waals surface area contributed by atoms with E-state index >= 15 is 0 Å². The van der Waals surface area contributed by atoms with Gasteiger partial charge < -0.3 is 0 Å². The van der Waals surface area contributed by atoms with Gasteiger partial charge in [-0.1, -0.05) is 60.2 Å². The summed E-state index contributed by atoms with van der Waals surface area (Å²) < 4.78 is 1.97. The summed E-state index contributed by atoms with van der Waals surface area (Å²) in [5.41, 5.74) is 7.12. The monoisotopic (exact) mass is 262 g/mol. The average molecular weight is 262 g/mol. The van der Waals surface area contributed by atoms with Crippen molar-refractivity contribution in [1.29, 1.82) is 0 Å². The van der Waals surface area contributed by atoms with Gasteiger partial charge in [0.1, 0.15) is 0 Å². The molecule has 0 aliphatic rings. The average Bonchev–Trinajstić information content (AvgIpc) is 2.76. The van der Waals surface area contributed by atoms with Gasteiger partial charge in [-0.3, -0.25) is 4.68 Å². The predicted molar refractivity (Wildman–Crippen MR) is 83.6 cm³/mol.